The Morgan fingerprint density at radius 2 is 1.89 bits per heavy atom. The number of hydrogen-bond acceptors (Lipinski definition) is 4. The van der Waals surface area contributed by atoms with Gasteiger partial charge in [-0.2, -0.15) is 5.10 Å². The molecule has 0 saturated heterocycles. The molecule has 0 aliphatic rings. The fraction of sp³-hybridized carbons (Fsp3) is 0.0500. The minimum Gasteiger partial charge on any atom is -0.412 e. The lowest BCUT2D eigenvalue weighted by Gasteiger charge is -2.05. The summed E-state index contributed by atoms with van der Waals surface area (Å²) in [5, 5.41) is 5.30. The Hall–Kier alpha value is -3.91. The third-order valence-corrected chi connectivity index (χ3v) is 4.65. The third kappa shape index (κ3) is 2.63. The molecule has 28 heavy (non-hydrogen) atoms. The van der Waals surface area contributed by atoms with Gasteiger partial charge in [0.1, 0.15) is 11.6 Å². The topological polar surface area (TPSA) is 137 Å². The molecule has 6 N–H and O–H groups in total. The molecule has 0 radical (unpaired) electrons. The second-order valence-electron chi connectivity index (χ2n) is 6.48. The molecule has 5 aromatic rings. The van der Waals surface area contributed by atoms with E-state index in [0.717, 1.165) is 33.4 Å². The second kappa shape index (κ2) is 6.36. The fourth-order valence-corrected chi connectivity index (χ4v) is 3.34. The average Bonchev–Trinajstić information content (AvgIpc) is 3.35. The number of fused-ring (bicyclic) bond motifs is 2. The summed E-state index contributed by atoms with van der Waals surface area (Å²) in [6.07, 6.45) is 1.51. The smallest absolute Gasteiger partial charge is 0.214 e. The van der Waals surface area contributed by atoms with Crippen LogP contribution in [0.25, 0.3) is 27.6 Å². The van der Waals surface area contributed by atoms with Crippen molar-refractivity contribution in [2.24, 2.45) is 0 Å². The van der Waals surface area contributed by atoms with Crippen molar-refractivity contribution in [2.75, 3.05) is 5.73 Å². The van der Waals surface area contributed by atoms with E-state index < -0.39 is 0 Å². The number of para-hydroxylation sites is 1. The largest absolute Gasteiger partial charge is 0.412 e. The van der Waals surface area contributed by atoms with Crippen molar-refractivity contribution in [3.63, 3.8) is 0 Å². The number of anilines is 1. The van der Waals surface area contributed by atoms with Gasteiger partial charge in [0.25, 0.3) is 0 Å². The monoisotopic (exact) mass is 374 g/mol. The number of carbonyl (C=O) groups is 1. The van der Waals surface area contributed by atoms with Crippen molar-refractivity contribution in [3.8, 4) is 5.69 Å². The van der Waals surface area contributed by atoms with Crippen molar-refractivity contribution < 1.29 is 10.3 Å². The Labute approximate surface area is 159 Å². The van der Waals surface area contributed by atoms with E-state index in [1.165, 1.54) is 6.20 Å². The van der Waals surface area contributed by atoms with E-state index in [2.05, 4.69) is 20.1 Å². The zero-order valence-electron chi connectivity index (χ0n) is 15.0. The van der Waals surface area contributed by atoms with Gasteiger partial charge in [-0.05, 0) is 37.3 Å². The molecule has 8 nitrogen and oxygen atoms in total. The summed E-state index contributed by atoms with van der Waals surface area (Å²) in [5.41, 5.74) is 10.5. The number of rotatable bonds is 3. The van der Waals surface area contributed by atoms with Crippen LogP contribution in [0.3, 0.4) is 0 Å². The molecule has 0 aliphatic carbocycles. The number of aromatic amines is 2. The van der Waals surface area contributed by atoms with Gasteiger partial charge in [0, 0.05) is 10.9 Å². The molecular weight excluding hydrogens is 356 g/mol. The number of nitrogens with two attached hydrogens (primary N) is 1. The number of nitrogens with zero attached hydrogens (tertiary/aromatic N) is 3. The molecule has 0 bridgehead atoms. The van der Waals surface area contributed by atoms with Crippen LogP contribution in [0.4, 0.5) is 5.82 Å². The zero-order chi connectivity index (χ0) is 18.5. The highest BCUT2D eigenvalue weighted by molar-refractivity contribution is 6.12. The first-order valence-electron chi connectivity index (χ1n) is 8.53. The Balaban J connectivity index is 0.00000192. The van der Waals surface area contributed by atoms with Gasteiger partial charge in [-0.15, -0.1) is 0 Å². The van der Waals surface area contributed by atoms with Gasteiger partial charge in [0.05, 0.1) is 34.2 Å². The maximum Gasteiger partial charge on any atom is 0.214 e. The van der Waals surface area contributed by atoms with Crippen LogP contribution in [-0.2, 0) is 0 Å². The molecule has 5 rings (SSSR count). The molecule has 3 aromatic heterocycles. The van der Waals surface area contributed by atoms with Gasteiger partial charge in [-0.1, -0.05) is 18.2 Å². The predicted octanol–water partition coefficient (Wildman–Crippen LogP) is 2.53. The lowest BCUT2D eigenvalue weighted by Crippen LogP contribution is -2.07. The third-order valence-electron chi connectivity index (χ3n) is 4.65. The minimum atomic E-state index is -0.187. The number of ketones is 1. The summed E-state index contributed by atoms with van der Waals surface area (Å²) in [4.78, 5) is 23.6. The highest BCUT2D eigenvalue weighted by Gasteiger charge is 2.19. The number of aromatic nitrogens is 5. The van der Waals surface area contributed by atoms with Gasteiger partial charge >= 0.3 is 0 Å². The van der Waals surface area contributed by atoms with E-state index >= 15 is 0 Å². The van der Waals surface area contributed by atoms with Crippen LogP contribution in [0.1, 0.15) is 21.9 Å². The Kier molecular flexibility index (Phi) is 3.98. The molecule has 140 valence electrons. The van der Waals surface area contributed by atoms with Crippen LogP contribution in [0.5, 0.6) is 0 Å². The number of carbonyl (C=O) groups excluding carboxylic acids is 1. The van der Waals surface area contributed by atoms with E-state index in [9.17, 15) is 4.79 Å². The van der Waals surface area contributed by atoms with Crippen LogP contribution < -0.4 is 5.73 Å². The lowest BCUT2D eigenvalue weighted by molar-refractivity contribution is 0.103. The normalized spacial score (nSPS) is 11.0. The number of benzene rings is 2. The van der Waals surface area contributed by atoms with Crippen molar-refractivity contribution >= 4 is 33.5 Å². The van der Waals surface area contributed by atoms with E-state index in [-0.39, 0.29) is 11.3 Å². The molecule has 0 aliphatic heterocycles. The molecule has 3 heterocycles. The summed E-state index contributed by atoms with van der Waals surface area (Å²) in [7, 11) is 0. The number of hydrogen-bond donors (Lipinski definition) is 3. The van der Waals surface area contributed by atoms with Gasteiger partial charge in [-0.25, -0.2) is 9.67 Å². The van der Waals surface area contributed by atoms with Crippen molar-refractivity contribution in [2.45, 2.75) is 6.92 Å². The number of H-pyrrole nitrogens is 2. The molecule has 0 saturated carbocycles. The Bertz CT molecular complexity index is 1290. The summed E-state index contributed by atoms with van der Waals surface area (Å²) in [6.45, 7) is 1.90. The summed E-state index contributed by atoms with van der Waals surface area (Å²) in [6, 6.07) is 15.3. The Morgan fingerprint density at radius 3 is 2.71 bits per heavy atom. The van der Waals surface area contributed by atoms with Crippen LogP contribution in [0.15, 0.2) is 54.7 Å². The van der Waals surface area contributed by atoms with Crippen molar-refractivity contribution in [1.29, 1.82) is 0 Å². The maximum absolute atomic E-state index is 12.9. The molecule has 0 amide bonds. The summed E-state index contributed by atoms with van der Waals surface area (Å²) < 4.78 is 1.56. The van der Waals surface area contributed by atoms with Crippen LogP contribution in [0, 0.1) is 6.92 Å². The van der Waals surface area contributed by atoms with E-state index in [1.54, 1.807) is 4.68 Å². The van der Waals surface area contributed by atoms with Gasteiger partial charge in [0.15, 0.2) is 0 Å². The first-order valence-corrected chi connectivity index (χ1v) is 8.53. The standard InChI is InChI=1S/C20H16N6O.H2O/c1-11-23-16-7-6-13(9-17(16)24-11)26-20(21)14(10-22-26)19(27)18-8-12-4-2-3-5-15(12)25-18;/h2-10,25H,21H2,1H3,(H,23,24);1H2. The molecule has 0 unspecified atom stereocenters. The summed E-state index contributed by atoms with van der Waals surface area (Å²) in [5.74, 6) is 0.952. The number of nitrogens with one attached hydrogen (secondary N) is 2. The van der Waals surface area contributed by atoms with E-state index in [0.29, 0.717) is 17.1 Å². The number of aryl methyl sites for hydroxylation is 1. The highest BCUT2D eigenvalue weighted by atomic mass is 16.1. The average molecular weight is 374 g/mol. The van der Waals surface area contributed by atoms with Crippen molar-refractivity contribution in [1.82, 2.24) is 24.7 Å². The van der Waals surface area contributed by atoms with Gasteiger partial charge in [-0.3, -0.25) is 4.79 Å². The molecule has 0 atom stereocenters. The molecule has 8 heteroatoms. The van der Waals surface area contributed by atoms with Gasteiger partial charge < -0.3 is 21.2 Å². The van der Waals surface area contributed by atoms with Crippen LogP contribution in [0.2, 0.25) is 0 Å². The highest BCUT2D eigenvalue weighted by Crippen LogP contribution is 2.24. The molecule has 0 spiro atoms. The van der Waals surface area contributed by atoms with Crippen LogP contribution in [-0.4, -0.2) is 36.0 Å². The number of nitrogen functional groups attached to an aromatic ring is 1. The lowest BCUT2D eigenvalue weighted by atomic mass is 10.1. The quantitative estimate of drug-likeness (QED) is 0.418. The first-order chi connectivity index (χ1) is 13.1. The fourth-order valence-electron chi connectivity index (χ4n) is 3.34. The first kappa shape index (κ1) is 17.5. The minimum absolute atomic E-state index is 0. The SMILES string of the molecule is Cc1nc2ccc(-n3ncc(C(=O)c4cc5ccccc5[nH]4)c3N)cc2[nH]1.O. The maximum atomic E-state index is 12.9. The van der Waals surface area contributed by atoms with Gasteiger partial charge in [0.2, 0.25) is 5.78 Å². The van der Waals surface area contributed by atoms with Crippen LogP contribution >= 0.6 is 0 Å². The zero-order valence-corrected chi connectivity index (χ0v) is 15.0. The Morgan fingerprint density at radius 1 is 1.07 bits per heavy atom. The van der Waals surface area contributed by atoms with E-state index in [1.807, 2.05) is 55.5 Å². The molecular formula is C20H18N6O2. The molecule has 2 aromatic carbocycles. The van der Waals surface area contributed by atoms with E-state index in [4.69, 9.17) is 5.73 Å². The molecule has 0 fully saturated rings. The predicted molar refractivity (Wildman–Crippen MR) is 108 cm³/mol. The van der Waals surface area contributed by atoms with Crippen molar-refractivity contribution in [3.05, 3.63) is 71.8 Å². The summed E-state index contributed by atoms with van der Waals surface area (Å²) >= 11 is 0. The number of imidazole rings is 1. The second-order valence-corrected chi connectivity index (χ2v) is 6.48.